The zero-order valence-electron chi connectivity index (χ0n) is 10.2. The van der Waals surface area contributed by atoms with Gasteiger partial charge in [-0.25, -0.2) is 0 Å². The van der Waals surface area contributed by atoms with Crippen LogP contribution >= 0.6 is 0 Å². The SMILES string of the molecule is CCCC([Se]C#N)[Si](C)(C)c1ccccc1. The van der Waals surface area contributed by atoms with E-state index in [2.05, 4.69) is 55.3 Å². The van der Waals surface area contributed by atoms with Crippen LogP contribution in [0.15, 0.2) is 30.3 Å². The van der Waals surface area contributed by atoms with Crippen LogP contribution in [0.1, 0.15) is 19.8 Å². The van der Waals surface area contributed by atoms with Crippen LogP contribution in [0.5, 0.6) is 0 Å². The Bertz CT molecular complexity index is 356. The molecule has 1 unspecified atom stereocenters. The molecule has 86 valence electrons. The van der Waals surface area contributed by atoms with Gasteiger partial charge in [-0.2, -0.15) is 0 Å². The van der Waals surface area contributed by atoms with Crippen molar-refractivity contribution in [1.29, 1.82) is 5.26 Å². The van der Waals surface area contributed by atoms with Gasteiger partial charge in [-0.05, 0) is 0 Å². The summed E-state index contributed by atoms with van der Waals surface area (Å²) >= 11 is 0.140. The van der Waals surface area contributed by atoms with Gasteiger partial charge in [-0.3, -0.25) is 0 Å². The fourth-order valence-corrected chi connectivity index (χ4v) is 8.67. The summed E-state index contributed by atoms with van der Waals surface area (Å²) < 4.78 is 0.650. The second kappa shape index (κ2) is 6.25. The molecule has 0 aliphatic heterocycles. The van der Waals surface area contributed by atoms with Crippen molar-refractivity contribution >= 4 is 28.2 Å². The van der Waals surface area contributed by atoms with Crippen LogP contribution in [0, 0.1) is 10.2 Å². The van der Waals surface area contributed by atoms with Crippen molar-refractivity contribution in [2.24, 2.45) is 0 Å². The summed E-state index contributed by atoms with van der Waals surface area (Å²) in [5.41, 5.74) is 0. The second-order valence-electron chi connectivity index (χ2n) is 4.57. The molecule has 0 aliphatic rings. The Morgan fingerprint density at radius 2 is 1.94 bits per heavy atom. The predicted octanol–water partition coefficient (Wildman–Crippen LogP) is 2.92. The van der Waals surface area contributed by atoms with E-state index in [-0.39, 0.29) is 15.0 Å². The molecule has 0 fully saturated rings. The van der Waals surface area contributed by atoms with E-state index in [1.807, 2.05) is 0 Å². The third-order valence-electron chi connectivity index (χ3n) is 3.07. The van der Waals surface area contributed by atoms with Gasteiger partial charge in [0.15, 0.2) is 0 Å². The van der Waals surface area contributed by atoms with Gasteiger partial charge in [0.25, 0.3) is 0 Å². The van der Waals surface area contributed by atoms with Gasteiger partial charge >= 0.3 is 106 Å². The molecule has 1 nitrogen and oxygen atoms in total. The van der Waals surface area contributed by atoms with Crippen LogP contribution in [0.2, 0.25) is 17.5 Å². The molecule has 1 rings (SSSR count). The molecule has 0 saturated heterocycles. The minimum absolute atomic E-state index is 0.140. The summed E-state index contributed by atoms with van der Waals surface area (Å²) in [5.74, 6) is 0. The Balaban J connectivity index is 2.93. The van der Waals surface area contributed by atoms with Crippen LogP contribution in [0.4, 0.5) is 0 Å². The normalized spacial score (nSPS) is 13.1. The molecule has 0 spiro atoms. The standard InChI is InChI=1S/C13H19NSeSi/c1-4-8-13(15-11-14)16(2,3)12-9-6-5-7-10-12/h5-7,9-10,13H,4,8H2,1-3H3. The van der Waals surface area contributed by atoms with Gasteiger partial charge in [0.05, 0.1) is 0 Å². The summed E-state index contributed by atoms with van der Waals surface area (Å²) in [6.45, 7) is 7.03. The first-order valence-corrected chi connectivity index (χ1v) is 10.7. The first-order chi connectivity index (χ1) is 7.62. The Morgan fingerprint density at radius 3 is 2.44 bits per heavy atom. The number of hydrogen-bond donors (Lipinski definition) is 0. The van der Waals surface area contributed by atoms with E-state index >= 15 is 0 Å². The van der Waals surface area contributed by atoms with Crippen molar-refractivity contribution in [3.05, 3.63) is 30.3 Å². The van der Waals surface area contributed by atoms with E-state index in [0.717, 1.165) is 0 Å². The van der Waals surface area contributed by atoms with Gasteiger partial charge in [0.1, 0.15) is 0 Å². The molecule has 0 N–H and O–H groups in total. The average Bonchev–Trinajstić information content (AvgIpc) is 2.30. The number of rotatable bonds is 5. The Kier molecular flexibility index (Phi) is 5.28. The summed E-state index contributed by atoms with van der Waals surface area (Å²) in [6, 6.07) is 10.8. The van der Waals surface area contributed by atoms with Crippen LogP contribution in [0.3, 0.4) is 0 Å². The van der Waals surface area contributed by atoms with Crippen LogP contribution < -0.4 is 5.19 Å². The monoisotopic (exact) mass is 297 g/mol. The zero-order chi connectivity index (χ0) is 12.0. The van der Waals surface area contributed by atoms with Crippen LogP contribution in [-0.4, -0.2) is 23.0 Å². The summed E-state index contributed by atoms with van der Waals surface area (Å²) in [4.78, 5) is 2.43. The minimum atomic E-state index is -1.45. The average molecular weight is 296 g/mol. The molecule has 0 aliphatic carbocycles. The van der Waals surface area contributed by atoms with Crippen molar-refractivity contribution < 1.29 is 0 Å². The number of nitriles is 1. The van der Waals surface area contributed by atoms with E-state index in [9.17, 15) is 0 Å². The number of nitrogens with zero attached hydrogens (tertiary/aromatic N) is 1. The molecule has 1 aromatic rings. The molecule has 0 saturated carbocycles. The van der Waals surface area contributed by atoms with Crippen molar-refractivity contribution in [1.82, 2.24) is 0 Å². The zero-order valence-corrected chi connectivity index (χ0v) is 12.9. The molecule has 0 radical (unpaired) electrons. The molecule has 1 atom stereocenters. The van der Waals surface area contributed by atoms with E-state index in [1.165, 1.54) is 18.0 Å². The maximum absolute atomic E-state index is 8.97. The molecule has 0 aromatic heterocycles. The van der Waals surface area contributed by atoms with E-state index in [4.69, 9.17) is 5.26 Å². The molecule has 1 aromatic carbocycles. The van der Waals surface area contributed by atoms with Crippen LogP contribution in [-0.2, 0) is 0 Å². The summed E-state index contributed by atoms with van der Waals surface area (Å²) in [7, 11) is -1.45. The van der Waals surface area contributed by atoms with E-state index < -0.39 is 8.07 Å². The molecule has 0 amide bonds. The molecular weight excluding hydrogens is 277 g/mol. The van der Waals surface area contributed by atoms with Crippen molar-refractivity contribution in [3.63, 3.8) is 0 Å². The molecule has 0 heterocycles. The van der Waals surface area contributed by atoms with Gasteiger partial charge in [0.2, 0.25) is 0 Å². The Labute approximate surface area is 106 Å². The molecule has 0 bridgehead atoms. The molecule has 3 heteroatoms. The summed E-state index contributed by atoms with van der Waals surface area (Å²) in [6.07, 6.45) is 2.40. The fourth-order valence-electron chi connectivity index (χ4n) is 1.95. The summed E-state index contributed by atoms with van der Waals surface area (Å²) in [5, 5.41) is 10.5. The van der Waals surface area contributed by atoms with E-state index in [1.54, 1.807) is 0 Å². The van der Waals surface area contributed by atoms with Crippen molar-refractivity contribution in [3.8, 4) is 4.97 Å². The number of benzene rings is 1. The van der Waals surface area contributed by atoms with Crippen LogP contribution in [0.25, 0.3) is 0 Å². The topological polar surface area (TPSA) is 23.8 Å². The third kappa shape index (κ3) is 3.22. The Morgan fingerprint density at radius 1 is 1.31 bits per heavy atom. The third-order valence-corrected chi connectivity index (χ3v) is 12.4. The predicted molar refractivity (Wildman–Crippen MR) is 73.6 cm³/mol. The Hall–Kier alpha value is -0.554. The van der Waals surface area contributed by atoms with Gasteiger partial charge < -0.3 is 0 Å². The number of hydrogen-bond acceptors (Lipinski definition) is 1. The van der Waals surface area contributed by atoms with Crippen molar-refractivity contribution in [2.75, 3.05) is 0 Å². The molecule has 16 heavy (non-hydrogen) atoms. The van der Waals surface area contributed by atoms with E-state index in [0.29, 0.717) is 4.44 Å². The van der Waals surface area contributed by atoms with Crippen molar-refractivity contribution in [2.45, 2.75) is 37.3 Å². The fraction of sp³-hybridized carbons (Fsp3) is 0.462. The van der Waals surface area contributed by atoms with Gasteiger partial charge in [-0.15, -0.1) is 0 Å². The first kappa shape index (κ1) is 13.5. The van der Waals surface area contributed by atoms with Gasteiger partial charge in [0, 0.05) is 0 Å². The maximum atomic E-state index is 8.97. The second-order valence-corrected chi connectivity index (χ2v) is 12.3. The van der Waals surface area contributed by atoms with Gasteiger partial charge in [-0.1, -0.05) is 0 Å². The quantitative estimate of drug-likeness (QED) is 0.767. The molecular formula is C13H19NSeSi. The first-order valence-electron chi connectivity index (χ1n) is 5.73.